The van der Waals surface area contributed by atoms with Crippen LogP contribution in [0, 0.1) is 6.92 Å². The van der Waals surface area contributed by atoms with Crippen molar-refractivity contribution in [3.63, 3.8) is 0 Å². The summed E-state index contributed by atoms with van der Waals surface area (Å²) in [7, 11) is -3.59. The number of halogens is 1. The molecule has 5 nitrogen and oxygen atoms in total. The molecule has 0 amide bonds. The molecule has 0 saturated carbocycles. The van der Waals surface area contributed by atoms with E-state index in [1.807, 2.05) is 20.8 Å². The van der Waals surface area contributed by atoms with Crippen LogP contribution in [0.1, 0.15) is 25.5 Å². The number of hydrogen-bond acceptors (Lipinski definition) is 3. The molecule has 0 spiro atoms. The van der Waals surface area contributed by atoms with Gasteiger partial charge in [-0.15, -0.1) is 0 Å². The molecule has 0 bridgehead atoms. The first-order valence-corrected chi connectivity index (χ1v) is 8.40. The van der Waals surface area contributed by atoms with Crippen molar-refractivity contribution in [1.29, 1.82) is 0 Å². The fourth-order valence-electron chi connectivity index (χ4n) is 1.67. The highest BCUT2D eigenvalue weighted by Gasteiger charge is 2.16. The molecule has 7 heteroatoms. The molecule has 1 aromatic heterocycles. The van der Waals surface area contributed by atoms with Crippen molar-refractivity contribution in [2.75, 3.05) is 4.72 Å². The predicted octanol–water partition coefficient (Wildman–Crippen LogP) is 3.34. The largest absolute Gasteiger partial charge is 0.276 e. The smallest absolute Gasteiger partial charge is 0.262 e. The van der Waals surface area contributed by atoms with Crippen LogP contribution < -0.4 is 4.72 Å². The Balaban J connectivity index is 2.28. The Morgan fingerprint density at radius 3 is 2.60 bits per heavy atom. The molecule has 0 fully saturated rings. The topological polar surface area (TPSA) is 64.0 Å². The highest BCUT2D eigenvalue weighted by Crippen LogP contribution is 2.22. The van der Waals surface area contributed by atoms with Gasteiger partial charge in [-0.2, -0.15) is 5.10 Å². The van der Waals surface area contributed by atoms with E-state index in [0.29, 0.717) is 5.69 Å². The summed E-state index contributed by atoms with van der Waals surface area (Å²) < 4.78 is 29.7. The average Bonchev–Trinajstić information content (AvgIpc) is 2.80. The lowest BCUT2D eigenvalue weighted by Crippen LogP contribution is -2.12. The van der Waals surface area contributed by atoms with E-state index < -0.39 is 10.0 Å². The van der Waals surface area contributed by atoms with Crippen molar-refractivity contribution in [3.05, 3.63) is 40.6 Å². The van der Waals surface area contributed by atoms with Crippen molar-refractivity contribution in [2.45, 2.75) is 31.7 Å². The maximum absolute atomic E-state index is 12.3. The van der Waals surface area contributed by atoms with Crippen LogP contribution >= 0.6 is 15.9 Å². The van der Waals surface area contributed by atoms with E-state index in [2.05, 4.69) is 25.8 Å². The lowest BCUT2D eigenvalue weighted by Gasteiger charge is -2.08. The molecule has 0 aliphatic rings. The second-order valence-corrected chi connectivity index (χ2v) is 7.36. The molecular weight excluding hydrogens is 342 g/mol. The van der Waals surface area contributed by atoms with Gasteiger partial charge in [-0.05, 0) is 44.5 Å². The number of aryl methyl sites for hydroxylation is 1. The molecule has 1 heterocycles. The van der Waals surface area contributed by atoms with Crippen LogP contribution in [0.25, 0.3) is 0 Å². The summed E-state index contributed by atoms with van der Waals surface area (Å²) in [6.07, 6.45) is 3.18. The van der Waals surface area contributed by atoms with Gasteiger partial charge in [0.1, 0.15) is 0 Å². The van der Waals surface area contributed by atoms with Crippen molar-refractivity contribution >= 4 is 31.6 Å². The second kappa shape index (κ2) is 5.57. The van der Waals surface area contributed by atoms with Crippen LogP contribution in [0.3, 0.4) is 0 Å². The zero-order chi connectivity index (χ0) is 14.9. The van der Waals surface area contributed by atoms with Gasteiger partial charge in [-0.25, -0.2) is 8.42 Å². The van der Waals surface area contributed by atoms with E-state index in [0.717, 1.165) is 10.0 Å². The van der Waals surface area contributed by atoms with Gasteiger partial charge >= 0.3 is 0 Å². The predicted molar refractivity (Wildman–Crippen MR) is 82.3 cm³/mol. The molecule has 20 heavy (non-hydrogen) atoms. The molecule has 0 unspecified atom stereocenters. The maximum atomic E-state index is 12.3. The number of nitrogens with zero attached hydrogens (tertiary/aromatic N) is 2. The molecular formula is C13H16BrN3O2S. The normalized spacial score (nSPS) is 11.8. The Morgan fingerprint density at radius 2 is 2.05 bits per heavy atom. The van der Waals surface area contributed by atoms with E-state index >= 15 is 0 Å². The average molecular weight is 358 g/mol. The molecule has 0 aliphatic carbocycles. The van der Waals surface area contributed by atoms with E-state index in [1.165, 1.54) is 6.20 Å². The highest BCUT2D eigenvalue weighted by molar-refractivity contribution is 9.10. The number of aromatic nitrogens is 2. The Kier molecular flexibility index (Phi) is 4.19. The molecule has 0 aliphatic heterocycles. The van der Waals surface area contributed by atoms with Crippen LogP contribution in [0.15, 0.2) is 40.0 Å². The van der Waals surface area contributed by atoms with Gasteiger partial charge in [-0.1, -0.05) is 15.9 Å². The molecule has 1 N–H and O–H groups in total. The standard InChI is InChI=1S/C13H16BrN3O2S/c1-9(2)17-8-11(7-15-17)16-20(18,19)12-4-5-13(14)10(3)6-12/h4-9,16H,1-3H3. The van der Waals surface area contributed by atoms with Crippen LogP contribution in [-0.4, -0.2) is 18.2 Å². The Hall–Kier alpha value is -1.34. The minimum Gasteiger partial charge on any atom is -0.276 e. The number of rotatable bonds is 4. The molecule has 2 rings (SSSR count). The first-order valence-electron chi connectivity index (χ1n) is 6.13. The minimum absolute atomic E-state index is 0.183. The fraction of sp³-hybridized carbons (Fsp3) is 0.308. The Labute approximate surface area is 127 Å². The summed E-state index contributed by atoms with van der Waals surface area (Å²) in [4.78, 5) is 0.232. The van der Waals surface area contributed by atoms with E-state index in [-0.39, 0.29) is 10.9 Å². The zero-order valence-corrected chi connectivity index (χ0v) is 13.9. The minimum atomic E-state index is -3.59. The Morgan fingerprint density at radius 1 is 1.35 bits per heavy atom. The Bertz CT molecular complexity index is 723. The number of hydrogen-bond donors (Lipinski definition) is 1. The van der Waals surface area contributed by atoms with Crippen molar-refractivity contribution in [1.82, 2.24) is 9.78 Å². The lowest BCUT2D eigenvalue weighted by atomic mass is 10.2. The molecule has 108 valence electrons. The summed E-state index contributed by atoms with van der Waals surface area (Å²) in [6, 6.07) is 5.09. The van der Waals surface area contributed by atoms with Gasteiger partial charge in [-0.3, -0.25) is 9.40 Å². The second-order valence-electron chi connectivity index (χ2n) is 4.82. The number of sulfonamides is 1. The third-order valence-electron chi connectivity index (χ3n) is 2.82. The van der Waals surface area contributed by atoms with E-state index in [4.69, 9.17) is 0 Å². The molecule has 2 aromatic rings. The monoisotopic (exact) mass is 357 g/mol. The van der Waals surface area contributed by atoms with E-state index in [1.54, 1.807) is 29.1 Å². The fourth-order valence-corrected chi connectivity index (χ4v) is 3.03. The maximum Gasteiger partial charge on any atom is 0.262 e. The van der Waals surface area contributed by atoms with Gasteiger partial charge < -0.3 is 0 Å². The van der Waals surface area contributed by atoms with Gasteiger partial charge in [0.25, 0.3) is 10.0 Å². The number of nitrogens with one attached hydrogen (secondary N) is 1. The molecule has 0 saturated heterocycles. The first-order chi connectivity index (χ1) is 9.29. The van der Waals surface area contributed by atoms with E-state index in [9.17, 15) is 8.42 Å². The molecule has 0 atom stereocenters. The van der Waals surface area contributed by atoms with Crippen molar-refractivity contribution in [2.24, 2.45) is 0 Å². The van der Waals surface area contributed by atoms with Crippen LogP contribution in [-0.2, 0) is 10.0 Å². The number of benzene rings is 1. The molecule has 0 radical (unpaired) electrons. The highest BCUT2D eigenvalue weighted by atomic mass is 79.9. The van der Waals surface area contributed by atoms with Gasteiger partial charge in [0.15, 0.2) is 0 Å². The van der Waals surface area contributed by atoms with Crippen molar-refractivity contribution in [3.8, 4) is 0 Å². The third kappa shape index (κ3) is 3.21. The van der Waals surface area contributed by atoms with Crippen molar-refractivity contribution < 1.29 is 8.42 Å². The van der Waals surface area contributed by atoms with Gasteiger partial charge in [0, 0.05) is 16.7 Å². The summed E-state index contributed by atoms with van der Waals surface area (Å²) >= 11 is 3.35. The zero-order valence-electron chi connectivity index (χ0n) is 11.5. The first kappa shape index (κ1) is 15.1. The third-order valence-corrected chi connectivity index (χ3v) is 5.09. The summed E-state index contributed by atoms with van der Waals surface area (Å²) in [6.45, 7) is 5.80. The van der Waals surface area contributed by atoms with Crippen LogP contribution in [0.4, 0.5) is 5.69 Å². The quantitative estimate of drug-likeness (QED) is 0.912. The number of anilines is 1. The summed E-state index contributed by atoms with van der Waals surface area (Å²) in [5, 5.41) is 4.11. The lowest BCUT2D eigenvalue weighted by molar-refractivity contribution is 0.532. The van der Waals surface area contributed by atoms with Crippen LogP contribution in [0.2, 0.25) is 0 Å². The van der Waals surface area contributed by atoms with Gasteiger partial charge in [0.05, 0.1) is 16.8 Å². The summed E-state index contributed by atoms with van der Waals surface area (Å²) in [5.74, 6) is 0. The summed E-state index contributed by atoms with van der Waals surface area (Å²) in [5.41, 5.74) is 1.32. The SMILES string of the molecule is Cc1cc(S(=O)(=O)Nc2cnn(C(C)C)c2)ccc1Br. The van der Waals surface area contributed by atoms with Crippen LogP contribution in [0.5, 0.6) is 0 Å². The van der Waals surface area contributed by atoms with Gasteiger partial charge in [0.2, 0.25) is 0 Å². The molecule has 1 aromatic carbocycles.